The van der Waals surface area contributed by atoms with Gasteiger partial charge in [0.15, 0.2) is 6.10 Å². The molecule has 0 saturated carbocycles. The predicted molar refractivity (Wildman–Crippen MR) is 122 cm³/mol. The summed E-state index contributed by atoms with van der Waals surface area (Å²) in [6.45, 7) is -0.630. The van der Waals surface area contributed by atoms with Gasteiger partial charge >= 0.3 is 18.0 Å². The maximum absolute atomic E-state index is 13.2. The van der Waals surface area contributed by atoms with Gasteiger partial charge < -0.3 is 60.9 Å². The first kappa shape index (κ1) is 31.1. The number of carbonyl (C=O) groups is 5. The van der Waals surface area contributed by atoms with Crippen molar-refractivity contribution in [2.24, 2.45) is 11.6 Å². The van der Waals surface area contributed by atoms with Crippen LogP contribution in [0, 0.1) is 0 Å². The predicted octanol–water partition coefficient (Wildman–Crippen LogP) is -3.87. The first-order valence-electron chi connectivity index (χ1n) is 11.1. The molecular formula is C21H28N4O14. The van der Waals surface area contributed by atoms with Crippen molar-refractivity contribution in [3.05, 3.63) is 29.3 Å². The minimum absolute atomic E-state index is 0.106. The van der Waals surface area contributed by atoms with Crippen molar-refractivity contribution in [2.75, 3.05) is 13.2 Å². The summed E-state index contributed by atoms with van der Waals surface area (Å²) in [5.41, 5.74) is 4.72. The normalized spacial score (nSPS) is 23.2. The second-order valence-corrected chi connectivity index (χ2v) is 8.08. The molecule has 1 heterocycles. The summed E-state index contributed by atoms with van der Waals surface area (Å²) >= 11 is 0. The van der Waals surface area contributed by atoms with Gasteiger partial charge in [-0.25, -0.2) is 15.5 Å². The van der Waals surface area contributed by atoms with E-state index in [9.17, 15) is 49.5 Å². The van der Waals surface area contributed by atoms with Crippen LogP contribution in [0.5, 0.6) is 5.75 Å². The number of hydrogen-bond acceptors (Lipinski definition) is 13. The summed E-state index contributed by atoms with van der Waals surface area (Å²) < 4.78 is 15.2. The zero-order valence-electron chi connectivity index (χ0n) is 20.1. The third-order valence-corrected chi connectivity index (χ3v) is 5.25. The van der Waals surface area contributed by atoms with E-state index in [-0.39, 0.29) is 18.7 Å². The molecule has 18 nitrogen and oxygen atoms in total. The van der Waals surface area contributed by atoms with Crippen LogP contribution in [0.1, 0.15) is 22.3 Å². The molecule has 1 aromatic rings. The van der Waals surface area contributed by atoms with E-state index in [2.05, 4.69) is 20.2 Å². The van der Waals surface area contributed by atoms with Crippen LogP contribution in [0.4, 0.5) is 4.79 Å². The average molecular weight is 560 g/mol. The third kappa shape index (κ3) is 8.74. The Labute approximate surface area is 219 Å². The number of carboxylic acids is 2. The maximum Gasteiger partial charge on any atom is 0.404 e. The van der Waals surface area contributed by atoms with Crippen LogP contribution in [0.25, 0.3) is 0 Å². The number of hydrogen-bond donors (Lipinski definition) is 9. The number of amides is 3. The van der Waals surface area contributed by atoms with Gasteiger partial charge in [-0.15, -0.1) is 0 Å². The van der Waals surface area contributed by atoms with E-state index in [1.165, 1.54) is 6.07 Å². The number of ether oxygens (including phenoxy) is 3. The van der Waals surface area contributed by atoms with Crippen LogP contribution in [0.15, 0.2) is 18.2 Å². The SMILES string of the molecule is NOCCNC(=O)[C@H](CC(=O)O)NC(=O)c1cc(COC(N)=O)ccc1O[C@@H]1O[C@H](C(=O)O)[C@@H](O)[C@H](O)[C@H]1O. The van der Waals surface area contributed by atoms with Gasteiger partial charge in [0.2, 0.25) is 12.2 Å². The van der Waals surface area contributed by atoms with Crippen LogP contribution in [0.2, 0.25) is 0 Å². The van der Waals surface area contributed by atoms with Gasteiger partial charge in [0, 0.05) is 6.54 Å². The lowest BCUT2D eigenvalue weighted by Crippen LogP contribution is -2.61. The van der Waals surface area contributed by atoms with E-state index in [4.69, 9.17) is 21.1 Å². The lowest BCUT2D eigenvalue weighted by molar-refractivity contribution is -0.271. The molecule has 1 aromatic carbocycles. The van der Waals surface area contributed by atoms with Crippen LogP contribution in [0.3, 0.4) is 0 Å². The molecule has 0 radical (unpaired) electrons. The standard InChI is InChI=1S/C21H28N4O14/c22-21(35)36-7-8-1-2-11(38-20-15(30)13(28)14(29)16(39-20)19(33)34)9(5-8)17(31)25-10(6-12(26)27)18(32)24-3-4-37-23/h1-2,5,10,13-16,20,28-30H,3-4,6-7,23H2,(H2,22,35)(H,24,32)(H,25,31)(H,26,27)(H,33,34)/t10-,13-,14-,15+,16-,20+/m0/s1. The number of aliphatic carboxylic acids is 2. The smallest absolute Gasteiger partial charge is 0.404 e. The quantitative estimate of drug-likeness (QED) is 0.0823. The molecule has 3 amide bonds. The molecule has 6 atom stereocenters. The van der Waals surface area contributed by atoms with Gasteiger partial charge in [-0.3, -0.25) is 14.4 Å². The highest BCUT2D eigenvalue weighted by molar-refractivity contribution is 6.00. The van der Waals surface area contributed by atoms with Crippen LogP contribution >= 0.6 is 0 Å². The fraction of sp³-hybridized carbons (Fsp3) is 0.476. The fourth-order valence-electron chi connectivity index (χ4n) is 3.35. The topological polar surface area (TPSA) is 300 Å². The van der Waals surface area contributed by atoms with Gasteiger partial charge in [0.1, 0.15) is 36.7 Å². The summed E-state index contributed by atoms with van der Waals surface area (Å²) in [5.74, 6) is -0.609. The number of benzene rings is 1. The maximum atomic E-state index is 13.2. The molecule has 1 aliphatic rings. The van der Waals surface area contributed by atoms with E-state index in [1.54, 1.807) is 0 Å². The number of rotatable bonds is 13. The highest BCUT2D eigenvalue weighted by Gasteiger charge is 2.48. The molecule has 1 fully saturated rings. The summed E-state index contributed by atoms with van der Waals surface area (Å²) in [7, 11) is 0. The fourth-order valence-corrected chi connectivity index (χ4v) is 3.35. The molecule has 0 aliphatic carbocycles. The van der Waals surface area contributed by atoms with E-state index >= 15 is 0 Å². The minimum Gasteiger partial charge on any atom is -0.481 e. The number of primary amides is 1. The first-order valence-corrected chi connectivity index (χ1v) is 11.1. The van der Waals surface area contributed by atoms with Gasteiger partial charge in [0.05, 0.1) is 18.6 Å². The Morgan fingerprint density at radius 1 is 1.05 bits per heavy atom. The zero-order valence-corrected chi connectivity index (χ0v) is 20.1. The molecule has 2 rings (SSSR count). The Balaban J connectivity index is 2.38. The van der Waals surface area contributed by atoms with Crippen molar-refractivity contribution >= 4 is 29.8 Å². The number of carboxylic acid groups (broad SMARTS) is 2. The third-order valence-electron chi connectivity index (χ3n) is 5.25. The lowest BCUT2D eigenvalue weighted by atomic mass is 9.99. The number of carbonyl (C=O) groups excluding carboxylic acids is 3. The number of aliphatic hydroxyl groups is 3. The average Bonchev–Trinajstić information content (AvgIpc) is 2.87. The molecule has 0 aromatic heterocycles. The Kier molecular flexibility index (Phi) is 11.3. The van der Waals surface area contributed by atoms with Gasteiger partial charge in [0.25, 0.3) is 5.91 Å². The first-order chi connectivity index (χ1) is 18.3. The van der Waals surface area contributed by atoms with E-state index < -0.39 is 90.9 Å². The molecule has 0 unspecified atom stereocenters. The minimum atomic E-state index is -2.01. The van der Waals surface area contributed by atoms with Crippen molar-refractivity contribution < 1.29 is 68.6 Å². The van der Waals surface area contributed by atoms with E-state index in [1.807, 2.05) is 0 Å². The molecular weight excluding hydrogens is 532 g/mol. The number of nitrogens with one attached hydrogen (secondary N) is 2. The second kappa shape index (κ2) is 14.2. The zero-order chi connectivity index (χ0) is 29.3. The highest BCUT2D eigenvalue weighted by atomic mass is 16.7. The summed E-state index contributed by atoms with van der Waals surface area (Å²) in [6, 6.07) is 1.93. The molecule has 39 heavy (non-hydrogen) atoms. The Hall–Kier alpha value is -4.07. The van der Waals surface area contributed by atoms with Crippen LogP contribution in [-0.2, 0) is 35.3 Å². The summed E-state index contributed by atoms with van der Waals surface area (Å²) in [6.07, 6.45) is -11.9. The van der Waals surface area contributed by atoms with Crippen molar-refractivity contribution in [3.8, 4) is 5.75 Å². The van der Waals surface area contributed by atoms with Gasteiger partial charge in [-0.2, -0.15) is 0 Å². The van der Waals surface area contributed by atoms with Crippen molar-refractivity contribution in [1.82, 2.24) is 10.6 Å². The molecule has 1 saturated heterocycles. The summed E-state index contributed by atoms with van der Waals surface area (Å²) in [4.78, 5) is 63.5. The monoisotopic (exact) mass is 560 g/mol. The number of nitrogens with two attached hydrogens (primary N) is 2. The van der Waals surface area contributed by atoms with Crippen molar-refractivity contribution in [2.45, 2.75) is 49.8 Å². The molecule has 0 bridgehead atoms. The highest BCUT2D eigenvalue weighted by Crippen LogP contribution is 2.28. The van der Waals surface area contributed by atoms with Gasteiger partial charge in [-0.1, -0.05) is 6.07 Å². The van der Waals surface area contributed by atoms with E-state index in [0.717, 1.165) is 12.1 Å². The molecule has 0 spiro atoms. The Morgan fingerprint density at radius 3 is 2.33 bits per heavy atom. The lowest BCUT2D eigenvalue weighted by Gasteiger charge is -2.38. The molecule has 216 valence electrons. The van der Waals surface area contributed by atoms with Gasteiger partial charge in [-0.05, 0) is 17.7 Å². The van der Waals surface area contributed by atoms with Crippen LogP contribution in [-0.4, -0.2) is 105 Å². The Morgan fingerprint density at radius 2 is 1.74 bits per heavy atom. The number of aliphatic hydroxyl groups excluding tert-OH is 3. The second-order valence-electron chi connectivity index (χ2n) is 8.08. The van der Waals surface area contributed by atoms with E-state index in [0.29, 0.717) is 0 Å². The largest absolute Gasteiger partial charge is 0.481 e. The van der Waals surface area contributed by atoms with Crippen molar-refractivity contribution in [3.63, 3.8) is 0 Å². The van der Waals surface area contributed by atoms with Crippen LogP contribution < -0.4 is 27.0 Å². The van der Waals surface area contributed by atoms with Crippen molar-refractivity contribution in [1.29, 1.82) is 0 Å². The molecule has 1 aliphatic heterocycles. The Bertz CT molecular complexity index is 1070. The molecule has 11 N–H and O–H groups in total. The molecule has 18 heteroatoms. The summed E-state index contributed by atoms with van der Waals surface area (Å²) in [5, 5.41) is 53.1.